The van der Waals surface area contributed by atoms with Crippen molar-refractivity contribution >= 4 is 17.8 Å². The van der Waals surface area contributed by atoms with Crippen molar-refractivity contribution in [1.82, 2.24) is 25.6 Å². The van der Waals surface area contributed by atoms with Crippen LogP contribution in [0.25, 0.3) is 0 Å². The Morgan fingerprint density at radius 1 is 1.48 bits per heavy atom. The monoisotopic (exact) mass is 296 g/mol. The zero-order chi connectivity index (χ0) is 15.1. The third-order valence-electron chi connectivity index (χ3n) is 3.05. The molecule has 21 heavy (non-hydrogen) atoms. The van der Waals surface area contributed by atoms with Crippen molar-refractivity contribution in [2.45, 2.75) is 32.4 Å². The number of hydrogen-bond acceptors (Lipinski definition) is 6. The van der Waals surface area contributed by atoms with Crippen LogP contribution in [-0.2, 0) is 16.1 Å². The summed E-state index contributed by atoms with van der Waals surface area (Å²) in [6.45, 7) is 3.89. The van der Waals surface area contributed by atoms with Gasteiger partial charge in [-0.25, -0.2) is 9.48 Å². The fourth-order valence-electron chi connectivity index (χ4n) is 2.09. The summed E-state index contributed by atoms with van der Waals surface area (Å²) >= 11 is 0. The second-order valence-electron chi connectivity index (χ2n) is 4.74. The fourth-order valence-corrected chi connectivity index (χ4v) is 2.09. The van der Waals surface area contributed by atoms with Gasteiger partial charge in [0.15, 0.2) is 5.82 Å². The molecule has 1 aromatic heterocycles. The first kappa shape index (κ1) is 15.2. The van der Waals surface area contributed by atoms with Crippen molar-refractivity contribution in [2.24, 2.45) is 0 Å². The van der Waals surface area contributed by atoms with E-state index in [1.165, 1.54) is 10.9 Å². The second-order valence-corrected chi connectivity index (χ2v) is 4.74. The van der Waals surface area contributed by atoms with Gasteiger partial charge in [-0.15, -0.1) is 5.10 Å². The van der Waals surface area contributed by atoms with E-state index in [4.69, 9.17) is 4.74 Å². The first-order valence-corrected chi connectivity index (χ1v) is 7.01. The molecule has 1 aromatic rings. The highest BCUT2D eigenvalue weighted by Crippen LogP contribution is 2.03. The summed E-state index contributed by atoms with van der Waals surface area (Å²) < 4.78 is 6.10. The fraction of sp³-hybridized carbons (Fsp3) is 0.667. The lowest BCUT2D eigenvalue weighted by Gasteiger charge is -2.23. The van der Waals surface area contributed by atoms with Crippen LogP contribution in [0.5, 0.6) is 0 Å². The van der Waals surface area contributed by atoms with Crippen LogP contribution in [0, 0.1) is 0 Å². The molecule has 0 aromatic carbocycles. The Morgan fingerprint density at radius 2 is 2.24 bits per heavy atom. The lowest BCUT2D eigenvalue weighted by molar-refractivity contribution is -0.122. The lowest BCUT2D eigenvalue weighted by atomic mass is 10.1. The maximum atomic E-state index is 11.9. The quantitative estimate of drug-likeness (QED) is 0.689. The van der Waals surface area contributed by atoms with Gasteiger partial charge >= 0.3 is 6.09 Å². The number of rotatable bonds is 5. The molecule has 9 heteroatoms. The van der Waals surface area contributed by atoms with E-state index in [-0.39, 0.29) is 30.9 Å². The topological polar surface area (TPSA) is 110 Å². The van der Waals surface area contributed by atoms with E-state index in [2.05, 4.69) is 26.3 Å². The van der Waals surface area contributed by atoms with Crippen LogP contribution in [-0.4, -0.2) is 52.7 Å². The number of amides is 2. The van der Waals surface area contributed by atoms with Gasteiger partial charge in [-0.2, -0.15) is 0 Å². The van der Waals surface area contributed by atoms with Crippen LogP contribution < -0.4 is 16.0 Å². The molecule has 1 saturated heterocycles. The minimum Gasteiger partial charge on any atom is -0.450 e. The third kappa shape index (κ3) is 5.03. The van der Waals surface area contributed by atoms with Crippen molar-refractivity contribution in [1.29, 1.82) is 0 Å². The molecular weight excluding hydrogens is 276 g/mol. The highest BCUT2D eigenvalue weighted by Gasteiger charge is 2.16. The minimum absolute atomic E-state index is 0.0709. The van der Waals surface area contributed by atoms with Gasteiger partial charge in [0.1, 0.15) is 6.54 Å². The van der Waals surface area contributed by atoms with E-state index in [9.17, 15) is 9.59 Å². The summed E-state index contributed by atoms with van der Waals surface area (Å²) in [5.41, 5.74) is 0. The molecule has 1 aliphatic rings. The summed E-state index contributed by atoms with van der Waals surface area (Å²) in [6.07, 6.45) is 2.75. The smallest absolute Gasteiger partial charge is 0.412 e. The Morgan fingerprint density at radius 3 is 2.95 bits per heavy atom. The minimum atomic E-state index is -0.594. The number of ether oxygens (including phenoxy) is 1. The number of carbonyl (C=O) groups is 2. The molecule has 9 nitrogen and oxygen atoms in total. The normalized spacial score (nSPS) is 15.5. The lowest BCUT2D eigenvalue weighted by Crippen LogP contribution is -2.43. The Labute approximate surface area is 122 Å². The summed E-state index contributed by atoms with van der Waals surface area (Å²) in [5, 5.41) is 16.2. The molecule has 0 atom stereocenters. The second kappa shape index (κ2) is 7.58. The van der Waals surface area contributed by atoms with Crippen molar-refractivity contribution < 1.29 is 14.3 Å². The molecule has 1 aliphatic heterocycles. The molecule has 3 N–H and O–H groups in total. The van der Waals surface area contributed by atoms with Crippen molar-refractivity contribution in [3.63, 3.8) is 0 Å². The van der Waals surface area contributed by atoms with E-state index in [1.807, 2.05) is 0 Å². The maximum absolute atomic E-state index is 11.9. The van der Waals surface area contributed by atoms with Crippen molar-refractivity contribution in [2.75, 3.05) is 25.0 Å². The predicted octanol–water partition coefficient (Wildman–Crippen LogP) is -0.285. The highest BCUT2D eigenvalue weighted by atomic mass is 16.5. The van der Waals surface area contributed by atoms with E-state index in [0.717, 1.165) is 25.9 Å². The molecule has 0 bridgehead atoms. The molecule has 2 heterocycles. The van der Waals surface area contributed by atoms with E-state index in [0.29, 0.717) is 0 Å². The van der Waals surface area contributed by atoms with Gasteiger partial charge in [-0.05, 0) is 32.9 Å². The Kier molecular flexibility index (Phi) is 5.50. The first-order chi connectivity index (χ1) is 10.2. The van der Waals surface area contributed by atoms with Gasteiger partial charge in [-0.1, -0.05) is 5.21 Å². The largest absolute Gasteiger partial charge is 0.450 e. The Hall–Kier alpha value is -2.16. The number of nitrogens with one attached hydrogen (secondary N) is 3. The van der Waals surface area contributed by atoms with Gasteiger partial charge in [0, 0.05) is 6.04 Å². The van der Waals surface area contributed by atoms with Crippen LogP contribution >= 0.6 is 0 Å². The molecule has 0 spiro atoms. The number of carbonyl (C=O) groups excluding carboxylic acids is 2. The SMILES string of the molecule is CCOC(=O)Nc1cn(CC(=O)NC2CCNCC2)nn1. The summed E-state index contributed by atoms with van der Waals surface area (Å²) in [4.78, 5) is 23.1. The third-order valence-corrected chi connectivity index (χ3v) is 3.05. The van der Waals surface area contributed by atoms with Gasteiger partial charge in [0.05, 0.1) is 12.8 Å². The highest BCUT2D eigenvalue weighted by molar-refractivity contribution is 5.83. The van der Waals surface area contributed by atoms with Crippen LogP contribution in [0.1, 0.15) is 19.8 Å². The van der Waals surface area contributed by atoms with E-state index >= 15 is 0 Å². The molecular formula is C12H20N6O3. The maximum Gasteiger partial charge on any atom is 0.412 e. The molecule has 0 aliphatic carbocycles. The van der Waals surface area contributed by atoms with Crippen molar-refractivity contribution in [3.8, 4) is 0 Å². The van der Waals surface area contributed by atoms with Gasteiger partial charge in [-0.3, -0.25) is 10.1 Å². The molecule has 1 fully saturated rings. The van der Waals surface area contributed by atoms with Gasteiger partial charge in [0.2, 0.25) is 5.91 Å². The average Bonchev–Trinajstić information content (AvgIpc) is 2.87. The Balaban J connectivity index is 1.78. The van der Waals surface area contributed by atoms with Crippen LogP contribution in [0.4, 0.5) is 10.6 Å². The standard InChI is InChI=1S/C12H20N6O3/c1-2-21-12(20)15-10-7-18(17-16-10)8-11(19)14-9-3-5-13-6-4-9/h7,9,13H,2-6,8H2,1H3,(H,14,19)(H,15,20). The average molecular weight is 296 g/mol. The van der Waals surface area contributed by atoms with Crippen LogP contribution in [0.3, 0.4) is 0 Å². The summed E-state index contributed by atoms with van der Waals surface area (Å²) in [5.74, 6) is 0.137. The number of hydrogen-bond donors (Lipinski definition) is 3. The van der Waals surface area contributed by atoms with E-state index < -0.39 is 6.09 Å². The zero-order valence-corrected chi connectivity index (χ0v) is 12.0. The van der Waals surface area contributed by atoms with Crippen LogP contribution in [0.2, 0.25) is 0 Å². The first-order valence-electron chi connectivity index (χ1n) is 7.01. The van der Waals surface area contributed by atoms with Gasteiger partial charge in [0.25, 0.3) is 0 Å². The molecule has 2 amide bonds. The van der Waals surface area contributed by atoms with E-state index in [1.54, 1.807) is 6.92 Å². The van der Waals surface area contributed by atoms with Crippen molar-refractivity contribution in [3.05, 3.63) is 6.20 Å². The number of aromatic nitrogens is 3. The molecule has 2 rings (SSSR count). The Bertz CT molecular complexity index is 483. The summed E-state index contributed by atoms with van der Waals surface area (Å²) in [6, 6.07) is 0.208. The summed E-state index contributed by atoms with van der Waals surface area (Å²) in [7, 11) is 0. The number of anilines is 1. The molecule has 116 valence electrons. The zero-order valence-electron chi connectivity index (χ0n) is 12.0. The molecule has 0 radical (unpaired) electrons. The number of piperidine rings is 1. The van der Waals surface area contributed by atoms with Gasteiger partial charge < -0.3 is 15.4 Å². The van der Waals surface area contributed by atoms with Crippen LogP contribution in [0.15, 0.2) is 6.20 Å². The number of nitrogens with zero attached hydrogens (tertiary/aromatic N) is 3. The predicted molar refractivity (Wildman–Crippen MR) is 74.7 cm³/mol. The molecule has 0 saturated carbocycles. The molecule has 0 unspecified atom stereocenters.